The Labute approximate surface area is 147 Å². The number of nitrogens with zero attached hydrogens (tertiary/aromatic N) is 1. The molecule has 4 heteroatoms. The average molecular weight is 339 g/mol. The predicted octanol–water partition coefficient (Wildman–Crippen LogP) is 3.89. The van der Waals surface area contributed by atoms with Gasteiger partial charge >= 0.3 is 0 Å². The van der Waals surface area contributed by atoms with Crippen LogP contribution in [-0.4, -0.2) is 29.9 Å². The van der Waals surface area contributed by atoms with Crippen molar-refractivity contribution in [1.82, 2.24) is 4.90 Å². The van der Waals surface area contributed by atoms with Crippen molar-refractivity contribution in [3.05, 3.63) is 35.4 Å². The van der Waals surface area contributed by atoms with E-state index in [-0.39, 0.29) is 18.4 Å². The number of hydrogen-bond donors (Lipinski definition) is 1. The minimum Gasteiger partial charge on any atom is -0.343 e. The molecule has 1 aromatic carbocycles. The molecule has 1 amide bonds. The molecule has 23 heavy (non-hydrogen) atoms. The van der Waals surface area contributed by atoms with Crippen LogP contribution in [0.4, 0.5) is 0 Å². The first-order valence-electron chi connectivity index (χ1n) is 8.61. The van der Waals surface area contributed by atoms with Gasteiger partial charge in [-0.2, -0.15) is 0 Å². The second-order valence-electron chi connectivity index (χ2n) is 6.80. The van der Waals surface area contributed by atoms with Gasteiger partial charge in [-0.25, -0.2) is 0 Å². The summed E-state index contributed by atoms with van der Waals surface area (Å²) in [6, 6.07) is 8.85. The third-order valence-electron chi connectivity index (χ3n) is 5.10. The molecule has 0 aliphatic carbocycles. The number of carbonyl (C=O) groups excluding carboxylic acids is 1. The molecule has 1 aliphatic heterocycles. The maximum Gasteiger partial charge on any atom is 0.223 e. The van der Waals surface area contributed by atoms with E-state index < -0.39 is 0 Å². The highest BCUT2D eigenvalue weighted by atomic mass is 35.5. The molecule has 130 valence electrons. The molecule has 3 nitrogen and oxygen atoms in total. The quantitative estimate of drug-likeness (QED) is 0.885. The van der Waals surface area contributed by atoms with E-state index in [1.807, 2.05) is 4.90 Å². The number of piperidine rings is 1. The van der Waals surface area contributed by atoms with Crippen LogP contribution >= 0.6 is 12.4 Å². The summed E-state index contributed by atoms with van der Waals surface area (Å²) in [7, 11) is 0. The molecule has 0 spiro atoms. The van der Waals surface area contributed by atoms with Crippen molar-refractivity contribution in [2.24, 2.45) is 11.7 Å². The molecule has 2 unspecified atom stereocenters. The van der Waals surface area contributed by atoms with E-state index in [1.165, 1.54) is 11.1 Å². The Kier molecular flexibility index (Phi) is 8.07. The molecule has 1 aromatic rings. The lowest BCUT2D eigenvalue weighted by molar-refractivity contribution is -0.133. The van der Waals surface area contributed by atoms with Crippen LogP contribution < -0.4 is 5.73 Å². The predicted molar refractivity (Wildman–Crippen MR) is 99.0 cm³/mol. The van der Waals surface area contributed by atoms with Crippen molar-refractivity contribution in [2.75, 3.05) is 13.1 Å². The molecule has 1 fully saturated rings. The molecule has 2 N–H and O–H groups in total. The fourth-order valence-electron chi connectivity index (χ4n) is 3.35. The lowest BCUT2D eigenvalue weighted by atomic mass is 9.89. The van der Waals surface area contributed by atoms with Gasteiger partial charge in [0.25, 0.3) is 0 Å². The fraction of sp³-hybridized carbons (Fsp3) is 0.632. The van der Waals surface area contributed by atoms with E-state index in [4.69, 9.17) is 5.73 Å². The summed E-state index contributed by atoms with van der Waals surface area (Å²) < 4.78 is 0. The summed E-state index contributed by atoms with van der Waals surface area (Å²) in [5, 5.41) is 0. The monoisotopic (exact) mass is 338 g/mol. The number of hydrogen-bond acceptors (Lipinski definition) is 2. The second kappa shape index (κ2) is 9.29. The van der Waals surface area contributed by atoms with Gasteiger partial charge in [0, 0.05) is 25.6 Å². The van der Waals surface area contributed by atoms with Gasteiger partial charge in [-0.3, -0.25) is 4.79 Å². The van der Waals surface area contributed by atoms with Crippen LogP contribution in [0.25, 0.3) is 0 Å². The van der Waals surface area contributed by atoms with Gasteiger partial charge in [0.05, 0.1) is 0 Å². The normalized spacial score (nSPS) is 18.2. The van der Waals surface area contributed by atoms with Crippen LogP contribution in [0.2, 0.25) is 0 Å². The third-order valence-corrected chi connectivity index (χ3v) is 5.10. The molecule has 0 aromatic heterocycles. The molecular formula is C19H31ClN2O. The molecular weight excluding hydrogens is 308 g/mol. The first kappa shape index (κ1) is 20.0. The van der Waals surface area contributed by atoms with Crippen molar-refractivity contribution in [2.45, 2.75) is 58.4 Å². The zero-order valence-electron chi connectivity index (χ0n) is 14.6. The van der Waals surface area contributed by atoms with Gasteiger partial charge in [-0.15, -0.1) is 12.4 Å². The Bertz CT molecular complexity index is 479. The van der Waals surface area contributed by atoms with Gasteiger partial charge in [0.1, 0.15) is 0 Å². The van der Waals surface area contributed by atoms with E-state index in [1.54, 1.807) is 0 Å². The highest BCUT2D eigenvalue weighted by Crippen LogP contribution is 2.26. The van der Waals surface area contributed by atoms with Crippen molar-refractivity contribution in [3.63, 3.8) is 0 Å². The Morgan fingerprint density at radius 3 is 2.30 bits per heavy atom. The third kappa shape index (κ3) is 5.50. The number of aryl methyl sites for hydroxylation is 1. The minimum atomic E-state index is 0. The lowest BCUT2D eigenvalue weighted by Gasteiger charge is -2.34. The minimum absolute atomic E-state index is 0. The van der Waals surface area contributed by atoms with Gasteiger partial charge in [-0.1, -0.05) is 36.8 Å². The Morgan fingerprint density at radius 1 is 1.26 bits per heavy atom. The fourth-order valence-corrected chi connectivity index (χ4v) is 3.35. The number of amides is 1. The zero-order valence-corrected chi connectivity index (χ0v) is 15.4. The maximum atomic E-state index is 12.6. The topological polar surface area (TPSA) is 46.3 Å². The van der Waals surface area contributed by atoms with Crippen molar-refractivity contribution >= 4 is 18.3 Å². The average Bonchev–Trinajstić information content (AvgIpc) is 2.53. The Balaban J connectivity index is 0.00000264. The molecule has 0 bridgehead atoms. The van der Waals surface area contributed by atoms with E-state index >= 15 is 0 Å². The highest BCUT2D eigenvalue weighted by Gasteiger charge is 2.26. The Morgan fingerprint density at radius 2 is 1.83 bits per heavy atom. The van der Waals surface area contributed by atoms with Gasteiger partial charge in [0.2, 0.25) is 5.91 Å². The summed E-state index contributed by atoms with van der Waals surface area (Å²) in [5.41, 5.74) is 8.53. The van der Waals surface area contributed by atoms with Gasteiger partial charge in [-0.05, 0) is 50.5 Å². The molecule has 1 aliphatic rings. The first-order valence-corrected chi connectivity index (χ1v) is 8.61. The summed E-state index contributed by atoms with van der Waals surface area (Å²) in [5.74, 6) is 1.21. The second-order valence-corrected chi connectivity index (χ2v) is 6.80. The molecule has 2 atom stereocenters. The molecule has 2 rings (SSSR count). The Hall–Kier alpha value is -1.06. The van der Waals surface area contributed by atoms with E-state index in [0.29, 0.717) is 24.2 Å². The van der Waals surface area contributed by atoms with Gasteiger partial charge < -0.3 is 10.6 Å². The number of benzene rings is 1. The zero-order chi connectivity index (χ0) is 16.1. The number of rotatable bonds is 5. The first-order chi connectivity index (χ1) is 10.5. The maximum absolute atomic E-state index is 12.6. The summed E-state index contributed by atoms with van der Waals surface area (Å²) >= 11 is 0. The van der Waals surface area contributed by atoms with Crippen LogP contribution in [0.15, 0.2) is 24.3 Å². The lowest BCUT2D eigenvalue weighted by Crippen LogP contribution is -2.42. The summed E-state index contributed by atoms with van der Waals surface area (Å²) in [4.78, 5) is 14.6. The largest absolute Gasteiger partial charge is 0.343 e. The molecule has 1 saturated heterocycles. The van der Waals surface area contributed by atoms with Crippen LogP contribution in [0, 0.1) is 12.8 Å². The van der Waals surface area contributed by atoms with Crippen molar-refractivity contribution in [1.29, 1.82) is 0 Å². The SMILES string of the molecule is CCC(CC(=O)N1CCC(C(C)N)CC1)c1ccc(C)cc1.Cl. The van der Waals surface area contributed by atoms with Crippen LogP contribution in [-0.2, 0) is 4.79 Å². The molecule has 0 radical (unpaired) electrons. The van der Waals surface area contributed by atoms with Crippen LogP contribution in [0.1, 0.15) is 56.6 Å². The van der Waals surface area contributed by atoms with Gasteiger partial charge in [0.15, 0.2) is 0 Å². The van der Waals surface area contributed by atoms with Crippen molar-refractivity contribution < 1.29 is 4.79 Å². The smallest absolute Gasteiger partial charge is 0.223 e. The highest BCUT2D eigenvalue weighted by molar-refractivity contribution is 5.85. The van der Waals surface area contributed by atoms with Crippen molar-refractivity contribution in [3.8, 4) is 0 Å². The van der Waals surface area contributed by atoms with E-state index in [2.05, 4.69) is 45.0 Å². The molecule has 0 saturated carbocycles. The number of nitrogens with two attached hydrogens (primary N) is 1. The summed E-state index contributed by atoms with van der Waals surface area (Å²) in [6.07, 6.45) is 3.73. The number of carbonyl (C=O) groups is 1. The number of likely N-dealkylation sites (tertiary alicyclic amines) is 1. The summed E-state index contributed by atoms with van der Waals surface area (Å²) in [6.45, 7) is 8.08. The van der Waals surface area contributed by atoms with E-state index in [0.717, 1.165) is 32.4 Å². The number of halogens is 1. The molecule has 1 heterocycles. The standard InChI is InChI=1S/C19H30N2O.ClH/c1-4-16(18-7-5-14(2)6-8-18)13-19(22)21-11-9-17(10-12-21)15(3)20;/h5-8,15-17H,4,9-13,20H2,1-3H3;1H. The van der Waals surface area contributed by atoms with Crippen LogP contribution in [0.3, 0.4) is 0 Å². The van der Waals surface area contributed by atoms with Crippen LogP contribution in [0.5, 0.6) is 0 Å². The van der Waals surface area contributed by atoms with E-state index in [9.17, 15) is 4.79 Å².